The summed E-state index contributed by atoms with van der Waals surface area (Å²) in [5.41, 5.74) is 5.82. The van der Waals surface area contributed by atoms with Gasteiger partial charge in [-0.05, 0) is 18.9 Å². The minimum Gasteiger partial charge on any atom is -0.496 e. The second-order valence-corrected chi connectivity index (χ2v) is 4.57. The minimum atomic E-state index is -0.713. The number of primary amides is 1. The molecule has 1 aromatic heterocycles. The molecule has 0 unspecified atom stereocenters. The first-order valence-corrected chi connectivity index (χ1v) is 5.95. The highest BCUT2D eigenvalue weighted by atomic mass is 16.5. The predicted molar refractivity (Wildman–Crippen MR) is 65.8 cm³/mol. The minimum absolute atomic E-state index is 0.156. The first kappa shape index (κ1) is 11.7. The van der Waals surface area contributed by atoms with E-state index < -0.39 is 5.91 Å². The maximum atomic E-state index is 11.0. The van der Waals surface area contributed by atoms with Crippen molar-refractivity contribution >= 4 is 5.91 Å². The van der Waals surface area contributed by atoms with Gasteiger partial charge in [0.2, 0.25) is 0 Å². The number of ether oxygens (including phenoxy) is 1. The number of methoxy groups -OCH3 is 1. The smallest absolute Gasteiger partial charge is 0.315 e. The predicted octanol–water partition coefficient (Wildman–Crippen LogP) is 1.26. The number of para-hydroxylation sites is 1. The van der Waals surface area contributed by atoms with Crippen LogP contribution in [0.4, 0.5) is 0 Å². The van der Waals surface area contributed by atoms with Crippen molar-refractivity contribution in [2.24, 2.45) is 5.73 Å². The fourth-order valence-corrected chi connectivity index (χ4v) is 2.30. The summed E-state index contributed by atoms with van der Waals surface area (Å²) in [5, 5.41) is 3.88. The molecule has 0 spiro atoms. The highest BCUT2D eigenvalue weighted by Gasteiger charge is 2.51. The van der Waals surface area contributed by atoms with Crippen LogP contribution in [0.25, 0.3) is 0 Å². The third-order valence-electron chi connectivity index (χ3n) is 3.44. The summed E-state index contributed by atoms with van der Waals surface area (Å²) in [6, 6.07) is 7.72. The van der Waals surface area contributed by atoms with Crippen LogP contribution >= 0.6 is 0 Å². The van der Waals surface area contributed by atoms with Crippen LogP contribution in [0.2, 0.25) is 0 Å². The molecule has 19 heavy (non-hydrogen) atoms. The summed E-state index contributed by atoms with van der Waals surface area (Å²) in [6.45, 7) is 0. The number of amides is 1. The molecule has 0 saturated heterocycles. The maximum Gasteiger partial charge on any atom is 0.315 e. The molecule has 6 nitrogen and oxygen atoms in total. The molecule has 2 aromatic rings. The quantitative estimate of drug-likeness (QED) is 0.892. The topological polar surface area (TPSA) is 91.2 Å². The lowest BCUT2D eigenvalue weighted by atomic mass is 9.94. The van der Waals surface area contributed by atoms with Crippen molar-refractivity contribution < 1.29 is 14.1 Å². The van der Waals surface area contributed by atoms with Gasteiger partial charge in [-0.3, -0.25) is 4.79 Å². The molecule has 1 aliphatic carbocycles. The molecule has 1 aromatic carbocycles. The van der Waals surface area contributed by atoms with E-state index in [-0.39, 0.29) is 11.3 Å². The van der Waals surface area contributed by atoms with Crippen LogP contribution in [0.15, 0.2) is 28.8 Å². The SMILES string of the molecule is COc1ccccc1C1(c2noc(C(N)=O)n2)CC1. The van der Waals surface area contributed by atoms with E-state index in [1.54, 1.807) is 7.11 Å². The normalized spacial score (nSPS) is 16.1. The monoisotopic (exact) mass is 259 g/mol. The van der Waals surface area contributed by atoms with Crippen molar-refractivity contribution in [1.82, 2.24) is 10.1 Å². The number of carbonyl (C=O) groups excluding carboxylic acids is 1. The third-order valence-corrected chi connectivity index (χ3v) is 3.44. The molecule has 0 atom stereocenters. The lowest BCUT2D eigenvalue weighted by Gasteiger charge is -2.14. The summed E-state index contributed by atoms with van der Waals surface area (Å²) >= 11 is 0. The van der Waals surface area contributed by atoms with Gasteiger partial charge in [0.05, 0.1) is 12.5 Å². The zero-order chi connectivity index (χ0) is 13.5. The number of nitrogens with zero attached hydrogens (tertiary/aromatic N) is 2. The molecule has 1 fully saturated rings. The van der Waals surface area contributed by atoms with Gasteiger partial charge in [0.25, 0.3) is 0 Å². The first-order valence-electron chi connectivity index (χ1n) is 5.95. The number of aromatic nitrogens is 2. The summed E-state index contributed by atoms with van der Waals surface area (Å²) in [7, 11) is 1.62. The van der Waals surface area contributed by atoms with Crippen LogP contribution in [-0.4, -0.2) is 23.2 Å². The van der Waals surface area contributed by atoms with Gasteiger partial charge in [-0.15, -0.1) is 0 Å². The number of hydrogen-bond donors (Lipinski definition) is 1. The standard InChI is InChI=1S/C13H13N3O3/c1-18-9-5-3-2-4-8(9)13(6-7-13)12-15-11(10(14)17)19-16-12/h2-5H,6-7H2,1H3,(H2,14,17). The van der Waals surface area contributed by atoms with E-state index in [1.165, 1.54) is 0 Å². The molecule has 98 valence electrons. The van der Waals surface area contributed by atoms with E-state index in [4.69, 9.17) is 15.0 Å². The molecule has 0 radical (unpaired) electrons. The Bertz CT molecular complexity index is 632. The highest BCUT2D eigenvalue weighted by molar-refractivity contribution is 5.87. The number of benzene rings is 1. The van der Waals surface area contributed by atoms with Gasteiger partial charge in [-0.2, -0.15) is 4.98 Å². The summed E-state index contributed by atoms with van der Waals surface area (Å²) in [6.07, 6.45) is 1.79. The van der Waals surface area contributed by atoms with Crippen molar-refractivity contribution in [1.29, 1.82) is 0 Å². The maximum absolute atomic E-state index is 11.0. The van der Waals surface area contributed by atoms with Crippen molar-refractivity contribution in [3.63, 3.8) is 0 Å². The van der Waals surface area contributed by atoms with Crippen LogP contribution in [0, 0.1) is 0 Å². The van der Waals surface area contributed by atoms with Crippen LogP contribution < -0.4 is 10.5 Å². The van der Waals surface area contributed by atoms with E-state index in [1.807, 2.05) is 24.3 Å². The Morgan fingerprint density at radius 2 is 2.16 bits per heavy atom. The third kappa shape index (κ3) is 1.76. The lowest BCUT2D eigenvalue weighted by molar-refractivity contribution is 0.0958. The molecule has 3 rings (SSSR count). The van der Waals surface area contributed by atoms with Crippen LogP contribution in [0.3, 0.4) is 0 Å². The van der Waals surface area contributed by atoms with Crippen LogP contribution in [0.5, 0.6) is 5.75 Å². The lowest BCUT2D eigenvalue weighted by Crippen LogP contribution is -2.14. The molecule has 0 aliphatic heterocycles. The zero-order valence-electron chi connectivity index (χ0n) is 10.4. The molecular weight excluding hydrogens is 246 g/mol. The molecule has 1 aliphatic rings. The number of carbonyl (C=O) groups is 1. The number of hydrogen-bond acceptors (Lipinski definition) is 5. The second kappa shape index (κ2) is 4.08. The Hall–Kier alpha value is -2.37. The summed E-state index contributed by atoms with van der Waals surface area (Å²) in [5.74, 6) is 0.405. The molecule has 0 bridgehead atoms. The average molecular weight is 259 g/mol. The fraction of sp³-hybridized carbons (Fsp3) is 0.308. The molecule has 2 N–H and O–H groups in total. The van der Waals surface area contributed by atoms with Gasteiger partial charge < -0.3 is 15.0 Å². The van der Waals surface area contributed by atoms with Crippen molar-refractivity contribution in [3.05, 3.63) is 41.5 Å². The largest absolute Gasteiger partial charge is 0.496 e. The number of nitrogens with two attached hydrogens (primary N) is 1. The van der Waals surface area contributed by atoms with Crippen LogP contribution in [-0.2, 0) is 5.41 Å². The van der Waals surface area contributed by atoms with Crippen molar-refractivity contribution in [2.45, 2.75) is 18.3 Å². The van der Waals surface area contributed by atoms with Crippen molar-refractivity contribution in [2.75, 3.05) is 7.11 Å². The molecule has 1 heterocycles. The van der Waals surface area contributed by atoms with E-state index >= 15 is 0 Å². The van der Waals surface area contributed by atoms with E-state index in [2.05, 4.69) is 10.1 Å². The van der Waals surface area contributed by atoms with Gasteiger partial charge in [0, 0.05) is 5.56 Å². The Morgan fingerprint density at radius 3 is 2.74 bits per heavy atom. The molecular formula is C13H13N3O3. The average Bonchev–Trinajstić information content (AvgIpc) is 3.08. The second-order valence-electron chi connectivity index (χ2n) is 4.57. The summed E-state index contributed by atoms with van der Waals surface area (Å²) in [4.78, 5) is 15.1. The van der Waals surface area contributed by atoms with Gasteiger partial charge in [-0.1, -0.05) is 23.4 Å². The van der Waals surface area contributed by atoms with E-state index in [0.717, 1.165) is 24.2 Å². The van der Waals surface area contributed by atoms with Gasteiger partial charge in [-0.25, -0.2) is 0 Å². The zero-order valence-corrected chi connectivity index (χ0v) is 10.4. The summed E-state index contributed by atoms with van der Waals surface area (Å²) < 4.78 is 10.2. The van der Waals surface area contributed by atoms with E-state index in [0.29, 0.717) is 5.82 Å². The molecule has 1 saturated carbocycles. The first-order chi connectivity index (χ1) is 9.17. The molecule has 6 heteroatoms. The molecule has 1 amide bonds. The van der Waals surface area contributed by atoms with Crippen LogP contribution in [0.1, 0.15) is 34.9 Å². The van der Waals surface area contributed by atoms with Gasteiger partial charge in [0.1, 0.15) is 5.75 Å². The number of rotatable bonds is 4. The van der Waals surface area contributed by atoms with Gasteiger partial charge >= 0.3 is 11.8 Å². The Kier molecular flexibility index (Phi) is 2.51. The van der Waals surface area contributed by atoms with Gasteiger partial charge in [0.15, 0.2) is 5.82 Å². The Morgan fingerprint density at radius 1 is 1.42 bits per heavy atom. The fourth-order valence-electron chi connectivity index (χ4n) is 2.30. The Labute approximate surface area is 109 Å². The van der Waals surface area contributed by atoms with Crippen molar-refractivity contribution in [3.8, 4) is 5.75 Å². The van der Waals surface area contributed by atoms with E-state index in [9.17, 15) is 4.79 Å². The highest BCUT2D eigenvalue weighted by Crippen LogP contribution is 2.54. The Balaban J connectivity index is 2.05.